The molecule has 1 amide bonds. The predicted octanol–water partition coefficient (Wildman–Crippen LogP) is 1.80. The van der Waals surface area contributed by atoms with Crippen molar-refractivity contribution in [3.63, 3.8) is 0 Å². The van der Waals surface area contributed by atoms with Gasteiger partial charge < -0.3 is 14.6 Å². The van der Waals surface area contributed by atoms with E-state index < -0.39 is 5.97 Å². The Balaban J connectivity index is 1.71. The maximum absolute atomic E-state index is 12.2. The number of hydrogen-bond donors (Lipinski definition) is 1. The van der Waals surface area contributed by atoms with Crippen molar-refractivity contribution in [3.05, 3.63) is 39.8 Å². The molecule has 0 spiro atoms. The SMILES string of the molecule is CCn1c(=O)c(C)nc2cc(C(=O)OCC(=O)N[C@@H](C)C3CC3)ccc21. The molecule has 1 heterocycles. The Kier molecular flexibility index (Phi) is 5.06. The molecule has 0 aliphatic heterocycles. The van der Waals surface area contributed by atoms with E-state index in [0.717, 1.165) is 12.8 Å². The number of nitrogens with one attached hydrogen (secondary N) is 1. The van der Waals surface area contributed by atoms with Crippen molar-refractivity contribution < 1.29 is 14.3 Å². The molecule has 1 aromatic heterocycles. The van der Waals surface area contributed by atoms with Crippen LogP contribution in [0.5, 0.6) is 0 Å². The third-order valence-electron chi connectivity index (χ3n) is 4.71. The van der Waals surface area contributed by atoms with Gasteiger partial charge in [0.25, 0.3) is 11.5 Å². The van der Waals surface area contributed by atoms with E-state index in [1.165, 1.54) is 0 Å². The predicted molar refractivity (Wildman–Crippen MR) is 97.0 cm³/mol. The fourth-order valence-electron chi connectivity index (χ4n) is 3.04. The van der Waals surface area contributed by atoms with Gasteiger partial charge in [-0.2, -0.15) is 0 Å². The van der Waals surface area contributed by atoms with Crippen molar-refractivity contribution in [1.29, 1.82) is 0 Å². The van der Waals surface area contributed by atoms with Crippen LogP contribution in [-0.4, -0.2) is 34.1 Å². The molecule has 7 nitrogen and oxygen atoms in total. The number of ether oxygens (including phenoxy) is 1. The maximum Gasteiger partial charge on any atom is 0.338 e. The molecule has 1 saturated carbocycles. The lowest BCUT2D eigenvalue weighted by atomic mass is 10.2. The van der Waals surface area contributed by atoms with Gasteiger partial charge in [-0.25, -0.2) is 9.78 Å². The standard InChI is InChI=1S/C19H23N3O4/c1-4-22-16-8-7-14(9-15(16)20-12(3)18(22)24)19(25)26-10-17(23)21-11(2)13-5-6-13/h7-9,11,13H,4-6,10H2,1-3H3,(H,21,23)/t11-/m0/s1. The van der Waals surface area contributed by atoms with Gasteiger partial charge in [0.05, 0.1) is 16.6 Å². The fraction of sp³-hybridized carbons (Fsp3) is 0.474. The molecule has 2 aromatic rings. The lowest BCUT2D eigenvalue weighted by Gasteiger charge is -2.13. The molecular weight excluding hydrogens is 334 g/mol. The Morgan fingerprint density at radius 1 is 1.38 bits per heavy atom. The van der Waals surface area contributed by atoms with Crippen LogP contribution in [0.25, 0.3) is 11.0 Å². The van der Waals surface area contributed by atoms with Gasteiger partial charge in [0.15, 0.2) is 6.61 Å². The normalized spacial score (nSPS) is 14.9. The lowest BCUT2D eigenvalue weighted by Crippen LogP contribution is -2.37. The molecule has 7 heteroatoms. The minimum Gasteiger partial charge on any atom is -0.452 e. The van der Waals surface area contributed by atoms with Gasteiger partial charge in [0.1, 0.15) is 5.69 Å². The molecule has 26 heavy (non-hydrogen) atoms. The van der Waals surface area contributed by atoms with Crippen LogP contribution in [0.3, 0.4) is 0 Å². The minimum absolute atomic E-state index is 0.111. The summed E-state index contributed by atoms with van der Waals surface area (Å²) in [4.78, 5) is 40.5. The number of rotatable bonds is 6. The van der Waals surface area contributed by atoms with E-state index in [1.54, 1.807) is 29.7 Å². The molecule has 1 N–H and O–H groups in total. The number of amides is 1. The third kappa shape index (κ3) is 3.76. The van der Waals surface area contributed by atoms with E-state index in [0.29, 0.717) is 34.8 Å². The zero-order chi connectivity index (χ0) is 18.8. The maximum atomic E-state index is 12.2. The van der Waals surface area contributed by atoms with Crippen molar-refractivity contribution in [2.24, 2.45) is 5.92 Å². The van der Waals surface area contributed by atoms with E-state index in [-0.39, 0.29) is 24.1 Å². The molecule has 0 radical (unpaired) electrons. The summed E-state index contributed by atoms with van der Waals surface area (Å²) in [6.45, 7) is 5.69. The van der Waals surface area contributed by atoms with E-state index in [1.807, 2.05) is 13.8 Å². The second kappa shape index (κ2) is 7.27. The number of nitrogens with zero attached hydrogens (tertiary/aromatic N) is 2. The van der Waals surface area contributed by atoms with E-state index in [9.17, 15) is 14.4 Å². The highest BCUT2D eigenvalue weighted by atomic mass is 16.5. The van der Waals surface area contributed by atoms with E-state index >= 15 is 0 Å². The second-order valence-electron chi connectivity index (χ2n) is 6.72. The zero-order valence-electron chi connectivity index (χ0n) is 15.2. The molecule has 1 aliphatic carbocycles. The number of esters is 1. The Morgan fingerprint density at radius 2 is 2.12 bits per heavy atom. The highest BCUT2D eigenvalue weighted by Gasteiger charge is 2.29. The Hall–Kier alpha value is -2.70. The number of carbonyl (C=O) groups is 2. The minimum atomic E-state index is -0.588. The molecule has 1 aromatic carbocycles. The molecule has 138 valence electrons. The first-order chi connectivity index (χ1) is 12.4. The summed E-state index contributed by atoms with van der Waals surface area (Å²) < 4.78 is 6.71. The summed E-state index contributed by atoms with van der Waals surface area (Å²) in [6, 6.07) is 4.96. The van der Waals surface area contributed by atoms with E-state index in [2.05, 4.69) is 10.3 Å². The second-order valence-corrected chi connectivity index (χ2v) is 6.72. The Bertz CT molecular complexity index is 915. The highest BCUT2D eigenvalue weighted by molar-refractivity contribution is 5.94. The molecule has 0 saturated heterocycles. The number of fused-ring (bicyclic) bond motifs is 1. The number of carbonyl (C=O) groups excluding carboxylic acids is 2. The van der Waals surface area contributed by atoms with Gasteiger partial charge >= 0.3 is 5.97 Å². The van der Waals surface area contributed by atoms with Crippen LogP contribution >= 0.6 is 0 Å². The Morgan fingerprint density at radius 3 is 2.77 bits per heavy atom. The molecule has 1 fully saturated rings. The smallest absolute Gasteiger partial charge is 0.338 e. The highest BCUT2D eigenvalue weighted by Crippen LogP contribution is 2.32. The summed E-state index contributed by atoms with van der Waals surface area (Å²) in [6.07, 6.45) is 2.27. The summed E-state index contributed by atoms with van der Waals surface area (Å²) in [7, 11) is 0. The van der Waals surface area contributed by atoms with Gasteiger partial charge in [-0.1, -0.05) is 0 Å². The van der Waals surface area contributed by atoms with Crippen LogP contribution in [0.15, 0.2) is 23.0 Å². The van der Waals surface area contributed by atoms with Crippen molar-refractivity contribution in [3.8, 4) is 0 Å². The van der Waals surface area contributed by atoms with Gasteiger partial charge in [0, 0.05) is 12.6 Å². The monoisotopic (exact) mass is 357 g/mol. The lowest BCUT2D eigenvalue weighted by molar-refractivity contribution is -0.124. The number of aromatic nitrogens is 2. The molecule has 1 atom stereocenters. The van der Waals surface area contributed by atoms with Crippen molar-refractivity contribution in [2.75, 3.05) is 6.61 Å². The van der Waals surface area contributed by atoms with Crippen LogP contribution in [0.1, 0.15) is 42.7 Å². The zero-order valence-corrected chi connectivity index (χ0v) is 15.2. The van der Waals surface area contributed by atoms with Crippen molar-refractivity contribution in [1.82, 2.24) is 14.9 Å². The molecule has 1 aliphatic rings. The summed E-state index contributed by atoms with van der Waals surface area (Å²) in [5.41, 5.74) is 1.74. The quantitative estimate of drug-likeness (QED) is 0.796. The first-order valence-electron chi connectivity index (χ1n) is 8.88. The molecule has 0 bridgehead atoms. The summed E-state index contributed by atoms with van der Waals surface area (Å²) in [5, 5.41) is 2.84. The number of benzene rings is 1. The fourth-order valence-corrected chi connectivity index (χ4v) is 3.04. The Labute approximate surface area is 151 Å². The van der Waals surface area contributed by atoms with Crippen LogP contribution in [0.2, 0.25) is 0 Å². The van der Waals surface area contributed by atoms with Gasteiger partial charge in [-0.3, -0.25) is 9.59 Å². The summed E-state index contributed by atoms with van der Waals surface area (Å²) >= 11 is 0. The first-order valence-corrected chi connectivity index (χ1v) is 8.88. The number of hydrogen-bond acceptors (Lipinski definition) is 5. The average molecular weight is 357 g/mol. The molecule has 0 unspecified atom stereocenters. The van der Waals surface area contributed by atoms with Crippen molar-refractivity contribution >= 4 is 22.9 Å². The third-order valence-corrected chi connectivity index (χ3v) is 4.71. The molecular formula is C19H23N3O4. The van der Waals surface area contributed by atoms with Crippen LogP contribution in [-0.2, 0) is 16.1 Å². The molecule has 3 rings (SSSR count). The van der Waals surface area contributed by atoms with Crippen LogP contribution in [0, 0.1) is 12.8 Å². The van der Waals surface area contributed by atoms with Gasteiger partial charge in [-0.15, -0.1) is 0 Å². The summed E-state index contributed by atoms with van der Waals surface area (Å²) in [5.74, 6) is -0.345. The average Bonchev–Trinajstić information content (AvgIpc) is 3.45. The van der Waals surface area contributed by atoms with Crippen LogP contribution < -0.4 is 10.9 Å². The van der Waals surface area contributed by atoms with Gasteiger partial charge in [-0.05, 0) is 57.7 Å². The topological polar surface area (TPSA) is 90.3 Å². The van der Waals surface area contributed by atoms with Gasteiger partial charge in [0.2, 0.25) is 0 Å². The first kappa shape index (κ1) is 18.1. The largest absolute Gasteiger partial charge is 0.452 e. The van der Waals surface area contributed by atoms with Crippen molar-refractivity contribution in [2.45, 2.75) is 46.2 Å². The number of aryl methyl sites for hydroxylation is 2. The van der Waals surface area contributed by atoms with E-state index in [4.69, 9.17) is 4.74 Å². The van der Waals surface area contributed by atoms with Crippen LogP contribution in [0.4, 0.5) is 0 Å².